The fourth-order valence-electron chi connectivity index (χ4n) is 1.89. The van der Waals surface area contributed by atoms with E-state index < -0.39 is 0 Å². The number of benzene rings is 1. The summed E-state index contributed by atoms with van der Waals surface area (Å²) in [5.74, 6) is -0.174. The lowest BCUT2D eigenvalue weighted by Crippen LogP contribution is -2.27. The summed E-state index contributed by atoms with van der Waals surface area (Å²) in [6.07, 6.45) is 1.47. The number of para-hydroxylation sites is 1. The molecule has 0 aliphatic rings. The van der Waals surface area contributed by atoms with Crippen molar-refractivity contribution in [1.29, 1.82) is 0 Å². The zero-order valence-electron chi connectivity index (χ0n) is 11.9. The third-order valence-corrected chi connectivity index (χ3v) is 3.01. The Morgan fingerprint density at radius 3 is 2.75 bits per heavy atom. The summed E-state index contributed by atoms with van der Waals surface area (Å²) in [5, 5.41) is 6.94. The molecule has 1 amide bonds. The highest BCUT2D eigenvalue weighted by molar-refractivity contribution is 5.95. The highest BCUT2D eigenvalue weighted by Gasteiger charge is 2.16. The van der Waals surface area contributed by atoms with E-state index in [1.165, 1.54) is 16.9 Å². The molecule has 1 N–H and O–H groups in total. The van der Waals surface area contributed by atoms with Gasteiger partial charge in [-0.15, -0.1) is 0 Å². The van der Waals surface area contributed by atoms with Crippen molar-refractivity contribution in [3.05, 3.63) is 47.5 Å². The van der Waals surface area contributed by atoms with Crippen molar-refractivity contribution < 1.29 is 9.18 Å². The molecule has 4 nitrogen and oxygen atoms in total. The molecule has 20 heavy (non-hydrogen) atoms. The Labute approximate surface area is 117 Å². The lowest BCUT2D eigenvalue weighted by Gasteiger charge is -2.08. The molecule has 0 saturated heterocycles. The molecule has 0 unspecified atom stereocenters. The summed E-state index contributed by atoms with van der Waals surface area (Å²) in [5.41, 5.74) is 1.43. The largest absolute Gasteiger partial charge is 0.352 e. The lowest BCUT2D eigenvalue weighted by molar-refractivity contribution is 0.0948. The van der Waals surface area contributed by atoms with Gasteiger partial charge in [-0.1, -0.05) is 26.0 Å². The van der Waals surface area contributed by atoms with Gasteiger partial charge in [0.1, 0.15) is 11.5 Å². The van der Waals surface area contributed by atoms with Gasteiger partial charge in [0.05, 0.1) is 17.5 Å². The molecule has 2 aromatic rings. The number of carbonyl (C=O) groups is 1. The molecule has 0 spiro atoms. The van der Waals surface area contributed by atoms with E-state index in [0.717, 1.165) is 0 Å². The third kappa shape index (κ3) is 2.87. The molecule has 0 aliphatic heterocycles. The minimum Gasteiger partial charge on any atom is -0.352 e. The minimum absolute atomic E-state index is 0.182. The Bertz CT molecular complexity index is 619. The summed E-state index contributed by atoms with van der Waals surface area (Å²) in [4.78, 5) is 12.0. The first kappa shape index (κ1) is 14.2. The predicted molar refractivity (Wildman–Crippen MR) is 75.4 cm³/mol. The molecule has 0 atom stereocenters. The van der Waals surface area contributed by atoms with Gasteiger partial charge in [-0.25, -0.2) is 9.07 Å². The molecular weight excluding hydrogens is 257 g/mol. The zero-order chi connectivity index (χ0) is 14.7. The number of aromatic nitrogens is 2. The Morgan fingerprint density at radius 1 is 1.40 bits per heavy atom. The van der Waals surface area contributed by atoms with Crippen LogP contribution in [0.15, 0.2) is 30.5 Å². The van der Waals surface area contributed by atoms with E-state index in [1.807, 2.05) is 13.8 Å². The number of amides is 1. The van der Waals surface area contributed by atoms with E-state index >= 15 is 0 Å². The van der Waals surface area contributed by atoms with Gasteiger partial charge in [0.15, 0.2) is 0 Å². The molecule has 0 aliphatic carbocycles. The Morgan fingerprint density at radius 2 is 2.10 bits per heavy atom. The van der Waals surface area contributed by atoms with Crippen LogP contribution in [-0.4, -0.2) is 22.2 Å². The number of hydrogen-bond acceptors (Lipinski definition) is 2. The average molecular weight is 275 g/mol. The van der Waals surface area contributed by atoms with Crippen molar-refractivity contribution in [3.63, 3.8) is 0 Å². The fourth-order valence-corrected chi connectivity index (χ4v) is 1.89. The summed E-state index contributed by atoms with van der Waals surface area (Å²) in [7, 11) is 0. The maximum atomic E-state index is 13.8. The van der Waals surface area contributed by atoms with Crippen molar-refractivity contribution in [1.82, 2.24) is 15.1 Å². The van der Waals surface area contributed by atoms with Gasteiger partial charge >= 0.3 is 0 Å². The van der Waals surface area contributed by atoms with Crippen LogP contribution in [0.4, 0.5) is 4.39 Å². The van der Waals surface area contributed by atoms with Crippen molar-refractivity contribution >= 4 is 5.91 Å². The standard InChI is InChI=1S/C15H18FN3O/c1-10(2)8-17-15(20)12-9-18-19(11(12)3)14-7-5-4-6-13(14)16/h4-7,9-10H,8H2,1-3H3,(H,17,20). The second-order valence-electron chi connectivity index (χ2n) is 5.11. The molecule has 106 valence electrons. The molecule has 1 aromatic heterocycles. The predicted octanol–water partition coefficient (Wildman–Crippen LogP) is 2.71. The van der Waals surface area contributed by atoms with Gasteiger partial charge in [0.2, 0.25) is 0 Å². The van der Waals surface area contributed by atoms with Gasteiger partial charge in [-0.2, -0.15) is 5.10 Å². The van der Waals surface area contributed by atoms with Crippen LogP contribution in [-0.2, 0) is 0 Å². The first-order valence-electron chi connectivity index (χ1n) is 6.58. The first-order valence-corrected chi connectivity index (χ1v) is 6.58. The van der Waals surface area contributed by atoms with Crippen molar-refractivity contribution in [2.24, 2.45) is 5.92 Å². The van der Waals surface area contributed by atoms with E-state index in [-0.39, 0.29) is 11.7 Å². The third-order valence-electron chi connectivity index (χ3n) is 3.01. The van der Waals surface area contributed by atoms with Crippen molar-refractivity contribution in [2.75, 3.05) is 6.54 Å². The van der Waals surface area contributed by atoms with Crippen LogP contribution < -0.4 is 5.32 Å². The second-order valence-corrected chi connectivity index (χ2v) is 5.11. The maximum Gasteiger partial charge on any atom is 0.254 e. The number of carbonyl (C=O) groups excluding carboxylic acids is 1. The van der Waals surface area contributed by atoms with Crippen LogP contribution in [0, 0.1) is 18.7 Å². The number of halogens is 1. The van der Waals surface area contributed by atoms with Crippen LogP contribution in [0.1, 0.15) is 29.9 Å². The monoisotopic (exact) mass is 275 g/mol. The zero-order valence-corrected chi connectivity index (χ0v) is 11.9. The van der Waals surface area contributed by atoms with E-state index in [4.69, 9.17) is 0 Å². The van der Waals surface area contributed by atoms with Crippen LogP contribution in [0.3, 0.4) is 0 Å². The van der Waals surface area contributed by atoms with E-state index in [9.17, 15) is 9.18 Å². The van der Waals surface area contributed by atoms with Gasteiger partial charge in [0, 0.05) is 6.54 Å². The van der Waals surface area contributed by atoms with Crippen LogP contribution >= 0.6 is 0 Å². The average Bonchev–Trinajstić information content (AvgIpc) is 2.78. The Hall–Kier alpha value is -2.17. The van der Waals surface area contributed by atoms with Gasteiger partial charge in [0.25, 0.3) is 5.91 Å². The van der Waals surface area contributed by atoms with Crippen LogP contribution in [0.25, 0.3) is 5.69 Å². The summed E-state index contributed by atoms with van der Waals surface area (Å²) in [6.45, 7) is 6.40. The Balaban J connectivity index is 2.28. The Kier molecular flexibility index (Phi) is 4.17. The van der Waals surface area contributed by atoms with E-state index in [1.54, 1.807) is 25.1 Å². The smallest absolute Gasteiger partial charge is 0.254 e. The molecule has 1 heterocycles. The SMILES string of the molecule is Cc1c(C(=O)NCC(C)C)cnn1-c1ccccc1F. The molecule has 0 radical (unpaired) electrons. The molecule has 0 saturated carbocycles. The quantitative estimate of drug-likeness (QED) is 0.932. The molecule has 2 rings (SSSR count). The topological polar surface area (TPSA) is 46.9 Å². The van der Waals surface area contributed by atoms with Gasteiger partial charge in [-0.05, 0) is 25.0 Å². The molecule has 5 heteroatoms. The highest BCUT2D eigenvalue weighted by Crippen LogP contribution is 2.16. The van der Waals surface area contributed by atoms with Gasteiger partial charge in [-0.3, -0.25) is 4.79 Å². The van der Waals surface area contributed by atoms with E-state index in [2.05, 4.69) is 10.4 Å². The fraction of sp³-hybridized carbons (Fsp3) is 0.333. The summed E-state index contributed by atoms with van der Waals surface area (Å²) in [6, 6.07) is 6.35. The van der Waals surface area contributed by atoms with E-state index in [0.29, 0.717) is 29.4 Å². The number of hydrogen-bond donors (Lipinski definition) is 1. The van der Waals surface area contributed by atoms with Crippen molar-refractivity contribution in [3.8, 4) is 5.69 Å². The highest BCUT2D eigenvalue weighted by atomic mass is 19.1. The lowest BCUT2D eigenvalue weighted by atomic mass is 10.2. The van der Waals surface area contributed by atoms with Crippen LogP contribution in [0.2, 0.25) is 0 Å². The second kappa shape index (κ2) is 5.86. The van der Waals surface area contributed by atoms with Crippen molar-refractivity contribution in [2.45, 2.75) is 20.8 Å². The number of rotatable bonds is 4. The van der Waals surface area contributed by atoms with Crippen LogP contribution in [0.5, 0.6) is 0 Å². The minimum atomic E-state index is -0.368. The number of nitrogens with zero attached hydrogens (tertiary/aromatic N) is 2. The maximum absolute atomic E-state index is 13.8. The summed E-state index contributed by atoms with van der Waals surface area (Å²) < 4.78 is 15.2. The first-order chi connectivity index (χ1) is 9.50. The number of nitrogens with one attached hydrogen (secondary N) is 1. The molecule has 0 fully saturated rings. The van der Waals surface area contributed by atoms with Gasteiger partial charge < -0.3 is 5.32 Å². The molecular formula is C15H18FN3O. The summed E-state index contributed by atoms with van der Waals surface area (Å²) >= 11 is 0. The normalized spacial score (nSPS) is 10.8. The molecule has 1 aromatic carbocycles. The molecule has 0 bridgehead atoms.